The molecule has 0 aromatic carbocycles. The first-order valence-electron chi connectivity index (χ1n) is 8.90. The molecule has 4 nitrogen and oxygen atoms in total. The third-order valence-corrected chi connectivity index (χ3v) is 4.77. The summed E-state index contributed by atoms with van der Waals surface area (Å²) in [6.07, 6.45) is 10.6. The topological polar surface area (TPSA) is 58.4 Å². The van der Waals surface area contributed by atoms with Crippen molar-refractivity contribution in [3.63, 3.8) is 0 Å². The number of nitrogens with zero attached hydrogens (tertiary/aromatic N) is 1. The summed E-state index contributed by atoms with van der Waals surface area (Å²) in [6, 6.07) is 0. The number of rotatable bonds is 9. The number of carbonyl (C=O) groups excluding carboxylic acids is 1. The molecule has 0 spiro atoms. The van der Waals surface area contributed by atoms with E-state index in [0.717, 1.165) is 45.2 Å². The number of hydrogen-bond acceptors (Lipinski definition) is 3. The number of nitrogens with one attached hydrogen (secondary N) is 1. The van der Waals surface area contributed by atoms with Crippen molar-refractivity contribution < 1.29 is 4.79 Å². The molecule has 0 bridgehead atoms. The molecule has 1 saturated carbocycles. The Labute approximate surface area is 130 Å². The number of unbranched alkanes of at least 4 members (excludes halogenated alkanes) is 1. The molecule has 124 valence electrons. The van der Waals surface area contributed by atoms with Gasteiger partial charge in [-0.05, 0) is 32.2 Å². The van der Waals surface area contributed by atoms with Gasteiger partial charge in [0, 0.05) is 18.6 Å². The largest absolute Gasteiger partial charge is 0.355 e. The fraction of sp³-hybridized carbons (Fsp3) is 0.941. The second kappa shape index (κ2) is 10.2. The zero-order chi connectivity index (χ0) is 15.6. The fourth-order valence-corrected chi connectivity index (χ4v) is 3.42. The predicted octanol–water partition coefficient (Wildman–Crippen LogP) is 2.67. The zero-order valence-electron chi connectivity index (χ0n) is 14.1. The summed E-state index contributed by atoms with van der Waals surface area (Å²) in [5, 5.41) is 3.05. The van der Waals surface area contributed by atoms with Crippen LogP contribution in [0.5, 0.6) is 0 Å². The van der Waals surface area contributed by atoms with Crippen molar-refractivity contribution in [2.45, 2.75) is 77.2 Å². The van der Waals surface area contributed by atoms with Crippen molar-refractivity contribution in [2.24, 2.45) is 5.73 Å². The van der Waals surface area contributed by atoms with E-state index in [1.807, 2.05) is 0 Å². The van der Waals surface area contributed by atoms with Crippen LogP contribution in [0.25, 0.3) is 0 Å². The molecule has 1 aliphatic rings. The van der Waals surface area contributed by atoms with Crippen LogP contribution in [0.1, 0.15) is 71.6 Å². The molecule has 0 aromatic rings. The van der Waals surface area contributed by atoms with Crippen LogP contribution in [-0.2, 0) is 4.79 Å². The molecule has 0 saturated heterocycles. The first-order chi connectivity index (χ1) is 10.2. The second-order valence-corrected chi connectivity index (χ2v) is 6.47. The number of amides is 1. The van der Waals surface area contributed by atoms with Gasteiger partial charge in [0.15, 0.2) is 0 Å². The summed E-state index contributed by atoms with van der Waals surface area (Å²) in [5.41, 5.74) is 6.21. The third kappa shape index (κ3) is 5.95. The van der Waals surface area contributed by atoms with Gasteiger partial charge in [0.05, 0.1) is 6.54 Å². The van der Waals surface area contributed by atoms with E-state index in [9.17, 15) is 4.79 Å². The van der Waals surface area contributed by atoms with E-state index in [1.54, 1.807) is 0 Å². The van der Waals surface area contributed by atoms with E-state index in [4.69, 9.17) is 5.73 Å². The summed E-state index contributed by atoms with van der Waals surface area (Å²) in [6.45, 7) is 7.28. The average Bonchev–Trinajstić information content (AvgIpc) is 2.73. The quantitative estimate of drug-likeness (QED) is 0.508. The lowest BCUT2D eigenvalue weighted by Crippen LogP contribution is -2.56. The van der Waals surface area contributed by atoms with Crippen LogP contribution in [0.2, 0.25) is 0 Å². The van der Waals surface area contributed by atoms with Gasteiger partial charge in [-0.1, -0.05) is 46.0 Å². The first kappa shape index (κ1) is 18.4. The maximum Gasteiger partial charge on any atom is 0.234 e. The fourth-order valence-electron chi connectivity index (χ4n) is 3.42. The molecule has 1 amide bonds. The summed E-state index contributed by atoms with van der Waals surface area (Å²) in [4.78, 5) is 14.6. The molecule has 0 aliphatic heterocycles. The molecular formula is C17H35N3O. The summed E-state index contributed by atoms with van der Waals surface area (Å²) in [7, 11) is 0. The van der Waals surface area contributed by atoms with Crippen LogP contribution in [-0.4, -0.2) is 42.5 Å². The molecule has 0 aromatic heterocycles. The number of hydrogen-bond donors (Lipinski definition) is 2. The Kier molecular flexibility index (Phi) is 8.93. The average molecular weight is 297 g/mol. The molecule has 0 heterocycles. The number of carbonyl (C=O) groups is 1. The normalized spacial score (nSPS) is 18.5. The third-order valence-electron chi connectivity index (χ3n) is 4.77. The monoisotopic (exact) mass is 297 g/mol. The highest BCUT2D eigenvalue weighted by Crippen LogP contribution is 2.31. The highest BCUT2D eigenvalue weighted by atomic mass is 16.2. The second-order valence-electron chi connectivity index (χ2n) is 6.47. The minimum absolute atomic E-state index is 0.0502. The molecular weight excluding hydrogens is 262 g/mol. The molecule has 0 unspecified atom stereocenters. The van der Waals surface area contributed by atoms with Crippen molar-refractivity contribution in [1.29, 1.82) is 0 Å². The van der Waals surface area contributed by atoms with Gasteiger partial charge in [-0.2, -0.15) is 0 Å². The lowest BCUT2D eigenvalue weighted by molar-refractivity contribution is -0.124. The summed E-state index contributed by atoms with van der Waals surface area (Å²) >= 11 is 0. The molecule has 1 fully saturated rings. The molecule has 0 radical (unpaired) electrons. The highest BCUT2D eigenvalue weighted by Gasteiger charge is 2.36. The van der Waals surface area contributed by atoms with Crippen LogP contribution in [0.4, 0.5) is 0 Å². The Balaban J connectivity index is 2.65. The van der Waals surface area contributed by atoms with Crippen molar-refractivity contribution in [3.05, 3.63) is 0 Å². The van der Waals surface area contributed by atoms with E-state index >= 15 is 0 Å². The van der Waals surface area contributed by atoms with Crippen molar-refractivity contribution >= 4 is 5.91 Å². The standard InChI is InChI=1S/C17H35N3O/c1-3-5-12-19-16(21)14-20(13-4-2)17(15-18)10-8-6-7-9-11-17/h3-15,18H2,1-2H3,(H,19,21). The maximum atomic E-state index is 12.2. The van der Waals surface area contributed by atoms with Crippen molar-refractivity contribution in [2.75, 3.05) is 26.2 Å². The minimum Gasteiger partial charge on any atom is -0.355 e. The van der Waals surface area contributed by atoms with Crippen LogP contribution >= 0.6 is 0 Å². The van der Waals surface area contributed by atoms with Crippen molar-refractivity contribution in [3.8, 4) is 0 Å². The van der Waals surface area contributed by atoms with Gasteiger partial charge in [0.2, 0.25) is 5.91 Å². The molecule has 3 N–H and O–H groups in total. The first-order valence-corrected chi connectivity index (χ1v) is 8.90. The van der Waals surface area contributed by atoms with Gasteiger partial charge in [-0.3, -0.25) is 9.69 Å². The Bertz CT molecular complexity index is 286. The lowest BCUT2D eigenvalue weighted by Gasteiger charge is -2.43. The molecule has 21 heavy (non-hydrogen) atoms. The van der Waals surface area contributed by atoms with Gasteiger partial charge in [-0.25, -0.2) is 0 Å². The summed E-state index contributed by atoms with van der Waals surface area (Å²) < 4.78 is 0. The Morgan fingerprint density at radius 3 is 2.33 bits per heavy atom. The molecule has 4 heteroatoms. The molecule has 1 aliphatic carbocycles. The maximum absolute atomic E-state index is 12.2. The molecule has 1 rings (SSSR count). The highest BCUT2D eigenvalue weighted by molar-refractivity contribution is 5.78. The van der Waals surface area contributed by atoms with E-state index in [1.165, 1.54) is 25.7 Å². The van der Waals surface area contributed by atoms with Crippen LogP contribution in [0.15, 0.2) is 0 Å². The smallest absolute Gasteiger partial charge is 0.234 e. The SMILES string of the molecule is CCCCNC(=O)CN(CCC)C1(CN)CCCCCC1. The van der Waals surface area contributed by atoms with Crippen molar-refractivity contribution in [1.82, 2.24) is 10.2 Å². The Hall–Kier alpha value is -0.610. The van der Waals surface area contributed by atoms with Crippen LogP contribution < -0.4 is 11.1 Å². The number of nitrogens with two attached hydrogens (primary N) is 1. The Morgan fingerprint density at radius 1 is 1.14 bits per heavy atom. The summed E-state index contributed by atoms with van der Waals surface area (Å²) in [5.74, 6) is 0.161. The van der Waals surface area contributed by atoms with Gasteiger partial charge in [0.25, 0.3) is 0 Å². The van der Waals surface area contributed by atoms with Crippen LogP contribution in [0.3, 0.4) is 0 Å². The van der Waals surface area contributed by atoms with Gasteiger partial charge in [0.1, 0.15) is 0 Å². The van der Waals surface area contributed by atoms with E-state index in [-0.39, 0.29) is 11.4 Å². The lowest BCUT2D eigenvalue weighted by atomic mass is 9.87. The predicted molar refractivity (Wildman–Crippen MR) is 89.3 cm³/mol. The van der Waals surface area contributed by atoms with Crippen LogP contribution in [0, 0.1) is 0 Å². The van der Waals surface area contributed by atoms with E-state index < -0.39 is 0 Å². The Morgan fingerprint density at radius 2 is 1.81 bits per heavy atom. The molecule has 0 atom stereocenters. The minimum atomic E-state index is 0.0502. The van der Waals surface area contributed by atoms with E-state index in [2.05, 4.69) is 24.1 Å². The van der Waals surface area contributed by atoms with E-state index in [0.29, 0.717) is 13.1 Å². The zero-order valence-corrected chi connectivity index (χ0v) is 14.1. The van der Waals surface area contributed by atoms with Gasteiger partial charge < -0.3 is 11.1 Å². The van der Waals surface area contributed by atoms with Gasteiger partial charge >= 0.3 is 0 Å². The van der Waals surface area contributed by atoms with Gasteiger partial charge in [-0.15, -0.1) is 0 Å².